The van der Waals surface area contributed by atoms with Crippen LogP contribution in [0.1, 0.15) is 6.92 Å². The maximum Gasteiger partial charge on any atom is 0.247 e. The monoisotopic (exact) mass is 139 g/mol. The van der Waals surface area contributed by atoms with Gasteiger partial charge in [0.05, 0.1) is 12.0 Å². The van der Waals surface area contributed by atoms with E-state index in [4.69, 9.17) is 10.8 Å². The summed E-state index contributed by atoms with van der Waals surface area (Å²) >= 11 is 0. The summed E-state index contributed by atoms with van der Waals surface area (Å²) in [6.07, 6.45) is -2.55. The first-order valence-corrected chi connectivity index (χ1v) is 2.66. The Hall–Kier alpha value is -0.220. The first-order chi connectivity index (χ1) is 4.06. The van der Waals surface area contributed by atoms with Crippen molar-refractivity contribution in [2.45, 2.75) is 13.3 Å². The Morgan fingerprint density at radius 3 is 2.11 bits per heavy atom. The van der Waals surface area contributed by atoms with Crippen molar-refractivity contribution in [2.75, 3.05) is 13.2 Å². The molecular weight excluding hydrogens is 128 g/mol. The van der Waals surface area contributed by atoms with Gasteiger partial charge in [0.2, 0.25) is 6.43 Å². The molecule has 0 amide bonds. The molecule has 4 heteroatoms. The minimum Gasteiger partial charge on any atom is -0.396 e. The fraction of sp³-hybridized carbons (Fsp3) is 1.00. The summed E-state index contributed by atoms with van der Waals surface area (Å²) in [5.74, 6) is 0. The van der Waals surface area contributed by atoms with Gasteiger partial charge in [0, 0.05) is 6.54 Å². The van der Waals surface area contributed by atoms with Crippen molar-refractivity contribution >= 4 is 0 Å². The summed E-state index contributed by atoms with van der Waals surface area (Å²) in [5, 5.41) is 8.40. The first kappa shape index (κ1) is 8.78. The third-order valence-electron chi connectivity index (χ3n) is 1.35. The van der Waals surface area contributed by atoms with Gasteiger partial charge in [0.25, 0.3) is 0 Å². The molecule has 0 fully saturated rings. The zero-order valence-electron chi connectivity index (χ0n) is 5.27. The van der Waals surface area contributed by atoms with E-state index in [9.17, 15) is 8.78 Å². The van der Waals surface area contributed by atoms with Crippen molar-refractivity contribution in [1.82, 2.24) is 0 Å². The smallest absolute Gasteiger partial charge is 0.247 e. The second-order valence-electron chi connectivity index (χ2n) is 2.32. The van der Waals surface area contributed by atoms with Gasteiger partial charge in [0.1, 0.15) is 0 Å². The van der Waals surface area contributed by atoms with Crippen molar-refractivity contribution in [1.29, 1.82) is 0 Å². The Labute approximate surface area is 52.7 Å². The molecule has 9 heavy (non-hydrogen) atoms. The lowest BCUT2D eigenvalue weighted by atomic mass is 9.93. The van der Waals surface area contributed by atoms with Crippen molar-refractivity contribution in [2.24, 2.45) is 11.1 Å². The second kappa shape index (κ2) is 3.08. The summed E-state index contributed by atoms with van der Waals surface area (Å²) in [5.41, 5.74) is 3.56. The summed E-state index contributed by atoms with van der Waals surface area (Å²) in [6.45, 7) is 0.486. The highest BCUT2D eigenvalue weighted by Gasteiger charge is 2.32. The van der Waals surface area contributed by atoms with Crippen molar-refractivity contribution in [3.8, 4) is 0 Å². The van der Waals surface area contributed by atoms with Gasteiger partial charge in [-0.25, -0.2) is 8.78 Å². The van der Waals surface area contributed by atoms with Crippen LogP contribution in [0.4, 0.5) is 8.78 Å². The van der Waals surface area contributed by atoms with E-state index in [-0.39, 0.29) is 6.54 Å². The van der Waals surface area contributed by atoms with E-state index in [0.29, 0.717) is 0 Å². The van der Waals surface area contributed by atoms with E-state index >= 15 is 0 Å². The van der Waals surface area contributed by atoms with Crippen LogP contribution in [-0.4, -0.2) is 24.7 Å². The fourth-order valence-corrected chi connectivity index (χ4v) is 0.223. The van der Waals surface area contributed by atoms with Gasteiger partial charge in [0.15, 0.2) is 0 Å². The first-order valence-electron chi connectivity index (χ1n) is 2.66. The van der Waals surface area contributed by atoms with Crippen LogP contribution in [0.2, 0.25) is 0 Å². The fourth-order valence-electron chi connectivity index (χ4n) is 0.223. The minimum absolute atomic E-state index is 0.193. The number of aliphatic hydroxyl groups excluding tert-OH is 1. The van der Waals surface area contributed by atoms with Crippen molar-refractivity contribution in [3.05, 3.63) is 0 Å². The van der Waals surface area contributed by atoms with Crippen molar-refractivity contribution < 1.29 is 13.9 Å². The standard InChI is InChI=1S/C5H11F2NO/c1-5(2-8,3-9)4(6)7/h4,9H,2-3,8H2,1H3. The van der Waals surface area contributed by atoms with Crippen LogP contribution in [0.3, 0.4) is 0 Å². The number of aliphatic hydroxyl groups is 1. The summed E-state index contributed by atoms with van der Waals surface area (Å²) < 4.78 is 23.7. The van der Waals surface area contributed by atoms with Gasteiger partial charge in [-0.05, 0) is 0 Å². The molecule has 0 radical (unpaired) electrons. The molecule has 0 aliphatic heterocycles. The maximum atomic E-state index is 11.8. The van der Waals surface area contributed by atoms with Crippen LogP contribution < -0.4 is 5.73 Å². The Kier molecular flexibility index (Phi) is 3.00. The van der Waals surface area contributed by atoms with Crippen LogP contribution in [-0.2, 0) is 0 Å². The average molecular weight is 139 g/mol. The SMILES string of the molecule is CC(CN)(CO)C(F)F. The molecule has 0 aliphatic carbocycles. The van der Waals surface area contributed by atoms with E-state index < -0.39 is 18.4 Å². The zero-order chi connectivity index (χ0) is 7.49. The number of halogens is 2. The molecule has 1 unspecified atom stereocenters. The van der Waals surface area contributed by atoms with Crippen LogP contribution in [0.5, 0.6) is 0 Å². The Morgan fingerprint density at radius 2 is 2.11 bits per heavy atom. The molecule has 56 valence electrons. The molecule has 0 saturated carbocycles. The number of nitrogens with two attached hydrogens (primary N) is 1. The minimum atomic E-state index is -2.55. The molecule has 0 aromatic heterocycles. The normalized spacial score (nSPS) is 18.0. The highest BCUT2D eigenvalue weighted by Crippen LogP contribution is 2.22. The third-order valence-corrected chi connectivity index (χ3v) is 1.35. The molecular formula is C5H11F2NO. The van der Waals surface area contributed by atoms with Gasteiger partial charge >= 0.3 is 0 Å². The molecule has 0 bridgehead atoms. The quantitative estimate of drug-likeness (QED) is 0.587. The molecule has 0 heterocycles. The summed E-state index contributed by atoms with van der Waals surface area (Å²) in [7, 11) is 0. The largest absolute Gasteiger partial charge is 0.396 e. The average Bonchev–Trinajstić information content (AvgIpc) is 1.86. The predicted octanol–water partition coefficient (Wildman–Crippen LogP) is 0.209. The maximum absolute atomic E-state index is 11.8. The number of hydrogen-bond acceptors (Lipinski definition) is 2. The van der Waals surface area contributed by atoms with E-state index in [1.165, 1.54) is 6.92 Å². The topological polar surface area (TPSA) is 46.2 Å². The highest BCUT2D eigenvalue weighted by atomic mass is 19.3. The van der Waals surface area contributed by atoms with Crippen LogP contribution in [0.15, 0.2) is 0 Å². The Bertz CT molecular complexity index is 83.0. The lowest BCUT2D eigenvalue weighted by molar-refractivity contribution is -0.0236. The number of rotatable bonds is 3. The second-order valence-corrected chi connectivity index (χ2v) is 2.32. The van der Waals surface area contributed by atoms with Crippen LogP contribution in [0, 0.1) is 5.41 Å². The lowest BCUT2D eigenvalue weighted by Gasteiger charge is -2.23. The molecule has 2 nitrogen and oxygen atoms in total. The van der Waals surface area contributed by atoms with E-state index in [1.54, 1.807) is 0 Å². The van der Waals surface area contributed by atoms with Gasteiger partial charge in [-0.2, -0.15) is 0 Å². The predicted molar refractivity (Wildman–Crippen MR) is 30.3 cm³/mol. The van der Waals surface area contributed by atoms with Gasteiger partial charge in [-0.1, -0.05) is 6.92 Å². The lowest BCUT2D eigenvalue weighted by Crippen LogP contribution is -2.37. The van der Waals surface area contributed by atoms with Crippen LogP contribution >= 0.6 is 0 Å². The molecule has 0 rings (SSSR count). The number of alkyl halides is 2. The molecule has 0 aromatic carbocycles. The van der Waals surface area contributed by atoms with Gasteiger partial charge in [-0.3, -0.25) is 0 Å². The highest BCUT2D eigenvalue weighted by molar-refractivity contribution is 4.76. The summed E-state index contributed by atoms with van der Waals surface area (Å²) in [6, 6.07) is 0. The molecule has 0 aliphatic rings. The Balaban J connectivity index is 3.92. The van der Waals surface area contributed by atoms with Gasteiger partial charge in [-0.15, -0.1) is 0 Å². The molecule has 1 atom stereocenters. The van der Waals surface area contributed by atoms with E-state index in [0.717, 1.165) is 0 Å². The molecule has 0 saturated heterocycles. The summed E-state index contributed by atoms with van der Waals surface area (Å²) in [4.78, 5) is 0. The van der Waals surface area contributed by atoms with Crippen molar-refractivity contribution in [3.63, 3.8) is 0 Å². The van der Waals surface area contributed by atoms with Crippen LogP contribution in [0.25, 0.3) is 0 Å². The van der Waals surface area contributed by atoms with E-state index in [1.807, 2.05) is 0 Å². The third kappa shape index (κ3) is 1.87. The van der Waals surface area contributed by atoms with E-state index in [2.05, 4.69) is 0 Å². The molecule has 3 N–H and O–H groups in total. The zero-order valence-corrected chi connectivity index (χ0v) is 5.27. The number of hydrogen-bond donors (Lipinski definition) is 2. The Morgan fingerprint density at radius 1 is 1.67 bits per heavy atom. The molecule has 0 aromatic rings. The van der Waals surface area contributed by atoms with Gasteiger partial charge < -0.3 is 10.8 Å². The molecule has 0 spiro atoms.